The van der Waals surface area contributed by atoms with Gasteiger partial charge in [0.25, 0.3) is 0 Å². The topological polar surface area (TPSA) is 60.9 Å². The quantitative estimate of drug-likeness (QED) is 0.344. The molecule has 6 nitrogen and oxygen atoms in total. The minimum absolute atomic E-state index is 0.0178. The van der Waals surface area contributed by atoms with Crippen LogP contribution in [0.15, 0.2) is 103 Å². The first kappa shape index (κ1) is 25.8. The molecule has 2 aliphatic heterocycles. The van der Waals surface area contributed by atoms with Crippen LogP contribution >= 0.6 is 0 Å². The fraction of sp³-hybridized carbons (Fsp3) is 0.265. The van der Waals surface area contributed by atoms with E-state index in [0.717, 1.165) is 27.5 Å². The summed E-state index contributed by atoms with van der Waals surface area (Å²) >= 11 is 0. The molecule has 202 valence electrons. The van der Waals surface area contributed by atoms with Gasteiger partial charge < -0.3 is 14.7 Å². The summed E-state index contributed by atoms with van der Waals surface area (Å²) in [6.07, 6.45) is 1.17. The molecule has 2 aliphatic rings. The summed E-state index contributed by atoms with van der Waals surface area (Å²) in [5, 5.41) is 2.23. The molecule has 0 aromatic heterocycles. The van der Waals surface area contributed by atoms with Crippen LogP contribution in [-0.4, -0.2) is 57.7 Å². The second-order valence-corrected chi connectivity index (χ2v) is 10.7. The highest BCUT2D eigenvalue weighted by Gasteiger charge is 2.48. The average molecular weight is 532 g/mol. The number of hydrogen-bond donors (Lipinski definition) is 0. The molecular weight excluding hydrogens is 498 g/mol. The highest BCUT2D eigenvalue weighted by molar-refractivity contribution is 5.92. The lowest BCUT2D eigenvalue weighted by Gasteiger charge is -2.52. The van der Waals surface area contributed by atoms with Crippen molar-refractivity contribution in [1.29, 1.82) is 0 Å². The fourth-order valence-electron chi connectivity index (χ4n) is 6.13. The molecule has 40 heavy (non-hydrogen) atoms. The van der Waals surface area contributed by atoms with Crippen molar-refractivity contribution >= 4 is 28.5 Å². The third-order valence-corrected chi connectivity index (χ3v) is 8.16. The summed E-state index contributed by atoms with van der Waals surface area (Å²) in [4.78, 5) is 46.5. The number of amides is 3. The summed E-state index contributed by atoms with van der Waals surface area (Å²) in [5.74, 6) is -0.111. The van der Waals surface area contributed by atoms with Crippen LogP contribution in [0.3, 0.4) is 0 Å². The normalized spacial score (nSPS) is 19.1. The number of benzene rings is 4. The second-order valence-electron chi connectivity index (χ2n) is 10.7. The van der Waals surface area contributed by atoms with Crippen molar-refractivity contribution in [3.05, 3.63) is 120 Å². The summed E-state index contributed by atoms with van der Waals surface area (Å²) in [6.45, 7) is 1.11. The van der Waals surface area contributed by atoms with Crippen LogP contribution in [0.25, 0.3) is 10.8 Å². The van der Waals surface area contributed by atoms with Crippen LogP contribution < -0.4 is 0 Å². The Morgan fingerprint density at radius 2 is 1.45 bits per heavy atom. The number of carbonyl (C=O) groups excluding carboxylic acids is 3. The number of piperazine rings is 1. The Bertz CT molecular complexity index is 1520. The van der Waals surface area contributed by atoms with Crippen molar-refractivity contribution in [1.82, 2.24) is 14.7 Å². The molecule has 4 aromatic carbocycles. The van der Waals surface area contributed by atoms with E-state index in [9.17, 15) is 14.4 Å². The van der Waals surface area contributed by atoms with Gasteiger partial charge in [0.15, 0.2) is 0 Å². The van der Waals surface area contributed by atoms with Gasteiger partial charge in [0.2, 0.25) is 17.7 Å². The molecule has 2 heterocycles. The van der Waals surface area contributed by atoms with E-state index in [1.54, 1.807) is 4.90 Å². The molecule has 4 aromatic rings. The number of fused-ring (bicyclic) bond motifs is 2. The maximum absolute atomic E-state index is 14.1. The lowest BCUT2D eigenvalue weighted by molar-refractivity contribution is -0.174. The fourth-order valence-corrected chi connectivity index (χ4v) is 6.13. The maximum atomic E-state index is 14.1. The van der Waals surface area contributed by atoms with Gasteiger partial charge in [0.1, 0.15) is 12.2 Å². The largest absolute Gasteiger partial charge is 0.333 e. The Morgan fingerprint density at radius 3 is 2.23 bits per heavy atom. The van der Waals surface area contributed by atoms with Crippen LogP contribution in [0, 0.1) is 0 Å². The van der Waals surface area contributed by atoms with E-state index < -0.39 is 12.2 Å². The third kappa shape index (κ3) is 5.22. The molecule has 0 N–H and O–H groups in total. The van der Waals surface area contributed by atoms with Crippen molar-refractivity contribution in [2.75, 3.05) is 13.1 Å². The lowest BCUT2D eigenvalue weighted by Crippen LogP contribution is -2.71. The summed E-state index contributed by atoms with van der Waals surface area (Å²) in [7, 11) is 0. The molecule has 0 spiro atoms. The van der Waals surface area contributed by atoms with Crippen LogP contribution in [0.4, 0.5) is 0 Å². The van der Waals surface area contributed by atoms with Crippen molar-refractivity contribution in [2.24, 2.45) is 0 Å². The Labute approximate surface area is 234 Å². The number of hydrogen-bond acceptors (Lipinski definition) is 3. The molecule has 0 aliphatic carbocycles. The van der Waals surface area contributed by atoms with Gasteiger partial charge in [-0.05, 0) is 33.9 Å². The van der Waals surface area contributed by atoms with E-state index >= 15 is 0 Å². The first-order valence-corrected chi connectivity index (χ1v) is 14.0. The van der Waals surface area contributed by atoms with Crippen molar-refractivity contribution in [2.45, 2.75) is 44.4 Å². The number of nitrogens with zero attached hydrogens (tertiary/aromatic N) is 3. The first-order chi connectivity index (χ1) is 19.6. The Kier molecular flexibility index (Phi) is 7.32. The van der Waals surface area contributed by atoms with Gasteiger partial charge in [-0.3, -0.25) is 14.4 Å². The van der Waals surface area contributed by atoms with E-state index in [4.69, 9.17) is 0 Å². The molecule has 6 heteroatoms. The van der Waals surface area contributed by atoms with Gasteiger partial charge in [0, 0.05) is 32.4 Å². The van der Waals surface area contributed by atoms with Gasteiger partial charge in [-0.1, -0.05) is 103 Å². The minimum atomic E-state index is -0.659. The molecule has 0 unspecified atom stereocenters. The molecule has 0 radical (unpaired) electrons. The zero-order chi connectivity index (χ0) is 27.5. The molecule has 2 atom stereocenters. The predicted octanol–water partition coefficient (Wildman–Crippen LogP) is 4.81. The van der Waals surface area contributed by atoms with Gasteiger partial charge in [-0.2, -0.15) is 0 Å². The highest BCUT2D eigenvalue weighted by Crippen LogP contribution is 2.30. The van der Waals surface area contributed by atoms with E-state index in [1.807, 2.05) is 88.7 Å². The summed E-state index contributed by atoms with van der Waals surface area (Å²) in [5.41, 5.74) is 3.16. The SMILES string of the molecule is O=C1[C@H](Cc2ccccc2)N2C(=O)CCN(C(=O)CCc3ccccc3)[C@H]2CN1Cc1cccc2ccccc12. The Hall–Kier alpha value is -4.45. The zero-order valence-corrected chi connectivity index (χ0v) is 22.5. The first-order valence-electron chi connectivity index (χ1n) is 14.0. The van der Waals surface area contributed by atoms with E-state index in [1.165, 1.54) is 0 Å². The van der Waals surface area contributed by atoms with E-state index in [-0.39, 0.29) is 24.1 Å². The molecular formula is C34H33N3O3. The van der Waals surface area contributed by atoms with Crippen LogP contribution in [0.2, 0.25) is 0 Å². The predicted molar refractivity (Wildman–Crippen MR) is 155 cm³/mol. The molecule has 2 fully saturated rings. The van der Waals surface area contributed by atoms with Gasteiger partial charge >= 0.3 is 0 Å². The molecule has 2 saturated heterocycles. The average Bonchev–Trinajstić information content (AvgIpc) is 2.99. The van der Waals surface area contributed by atoms with E-state index in [2.05, 4.69) is 24.3 Å². The molecule has 0 bridgehead atoms. The maximum Gasteiger partial charge on any atom is 0.246 e. The number of aryl methyl sites for hydroxylation is 1. The number of carbonyl (C=O) groups is 3. The Balaban J connectivity index is 1.31. The smallest absolute Gasteiger partial charge is 0.246 e. The molecule has 0 saturated carbocycles. The zero-order valence-electron chi connectivity index (χ0n) is 22.5. The summed E-state index contributed by atoms with van der Waals surface area (Å²) < 4.78 is 0. The minimum Gasteiger partial charge on any atom is -0.333 e. The summed E-state index contributed by atoms with van der Waals surface area (Å²) in [6, 6.07) is 33.5. The van der Waals surface area contributed by atoms with Gasteiger partial charge in [0.05, 0.1) is 6.54 Å². The van der Waals surface area contributed by atoms with Crippen molar-refractivity contribution in [3.8, 4) is 0 Å². The highest BCUT2D eigenvalue weighted by atomic mass is 16.2. The lowest BCUT2D eigenvalue weighted by atomic mass is 9.96. The number of rotatable bonds is 7. The van der Waals surface area contributed by atoms with Crippen molar-refractivity contribution < 1.29 is 14.4 Å². The monoisotopic (exact) mass is 531 g/mol. The van der Waals surface area contributed by atoms with Gasteiger partial charge in [-0.25, -0.2) is 0 Å². The van der Waals surface area contributed by atoms with Crippen LogP contribution in [-0.2, 0) is 33.8 Å². The third-order valence-electron chi connectivity index (χ3n) is 8.16. The van der Waals surface area contributed by atoms with Crippen LogP contribution in [0.1, 0.15) is 29.5 Å². The van der Waals surface area contributed by atoms with Crippen LogP contribution in [0.5, 0.6) is 0 Å². The second kappa shape index (κ2) is 11.3. The molecule has 3 amide bonds. The van der Waals surface area contributed by atoms with Crippen molar-refractivity contribution in [3.63, 3.8) is 0 Å². The van der Waals surface area contributed by atoms with Gasteiger partial charge in [-0.15, -0.1) is 0 Å². The molecule has 6 rings (SSSR count). The standard InChI is InChI=1S/C34H33N3O3/c38-32(19-18-25-10-3-1-4-11-25)36-21-20-33(39)37-30(22-26-12-5-2-6-13-26)34(40)35(24-31(36)37)23-28-16-9-15-27-14-7-8-17-29(27)28/h1-17,30-31H,18-24H2/t30-,31+/m0/s1. The van der Waals surface area contributed by atoms with E-state index in [0.29, 0.717) is 38.9 Å². The Morgan fingerprint density at radius 1 is 0.775 bits per heavy atom.